The lowest BCUT2D eigenvalue weighted by Gasteiger charge is -2.26. The summed E-state index contributed by atoms with van der Waals surface area (Å²) in [6.45, 7) is 1.90. The van der Waals surface area contributed by atoms with Gasteiger partial charge in [0.25, 0.3) is 0 Å². The van der Waals surface area contributed by atoms with E-state index in [1.807, 2.05) is 37.3 Å². The highest BCUT2D eigenvalue weighted by Crippen LogP contribution is 2.29. The van der Waals surface area contributed by atoms with Gasteiger partial charge in [-0.15, -0.1) is 0 Å². The Morgan fingerprint density at radius 3 is 2.58 bits per heavy atom. The first-order chi connectivity index (χ1) is 8.88. The number of hydrogen-bond acceptors (Lipinski definition) is 1. The fraction of sp³-hybridized carbons (Fsp3) is 0.200. The lowest BCUT2D eigenvalue weighted by atomic mass is 9.86. The van der Waals surface area contributed by atoms with Crippen molar-refractivity contribution in [2.45, 2.75) is 18.9 Å². The van der Waals surface area contributed by atoms with E-state index in [1.54, 1.807) is 0 Å². The molecule has 0 radical (unpaired) electrons. The summed E-state index contributed by atoms with van der Waals surface area (Å²) >= 11 is 9.46. The Balaban J connectivity index is 2.33. The Morgan fingerprint density at radius 1 is 1.26 bits per heavy atom. The van der Waals surface area contributed by atoms with Crippen molar-refractivity contribution in [3.8, 4) is 0 Å². The van der Waals surface area contributed by atoms with Crippen molar-refractivity contribution >= 4 is 27.5 Å². The Kier molecular flexibility index (Phi) is 4.29. The molecular weight excluding hydrogens is 329 g/mol. The minimum absolute atomic E-state index is 0.278. The van der Waals surface area contributed by atoms with Crippen LogP contribution >= 0.6 is 27.5 Å². The minimum Gasteiger partial charge on any atom is -0.321 e. The van der Waals surface area contributed by atoms with Crippen molar-refractivity contribution in [2.24, 2.45) is 5.73 Å². The van der Waals surface area contributed by atoms with Crippen LogP contribution in [0.4, 0.5) is 4.39 Å². The van der Waals surface area contributed by atoms with Gasteiger partial charge < -0.3 is 5.73 Å². The van der Waals surface area contributed by atoms with Gasteiger partial charge in [-0.05, 0) is 48.7 Å². The number of halogens is 3. The van der Waals surface area contributed by atoms with Gasteiger partial charge >= 0.3 is 0 Å². The van der Waals surface area contributed by atoms with E-state index in [1.165, 1.54) is 12.1 Å². The van der Waals surface area contributed by atoms with Gasteiger partial charge in [0.15, 0.2) is 0 Å². The van der Waals surface area contributed by atoms with E-state index in [-0.39, 0.29) is 5.82 Å². The molecule has 0 aliphatic heterocycles. The van der Waals surface area contributed by atoms with Gasteiger partial charge in [0.1, 0.15) is 5.82 Å². The fourth-order valence-corrected chi connectivity index (χ4v) is 3.02. The Bertz CT molecular complexity index is 578. The second-order valence-corrected chi connectivity index (χ2v) is 6.17. The molecule has 0 bridgehead atoms. The van der Waals surface area contributed by atoms with Crippen molar-refractivity contribution in [2.75, 3.05) is 0 Å². The zero-order chi connectivity index (χ0) is 14.0. The molecule has 1 unspecified atom stereocenters. The van der Waals surface area contributed by atoms with E-state index in [4.69, 9.17) is 17.3 Å². The average molecular weight is 343 g/mol. The molecule has 0 aliphatic carbocycles. The maximum atomic E-state index is 13.4. The molecule has 0 fully saturated rings. The zero-order valence-electron chi connectivity index (χ0n) is 10.5. The maximum absolute atomic E-state index is 13.4. The molecule has 0 saturated heterocycles. The summed E-state index contributed by atoms with van der Waals surface area (Å²) in [4.78, 5) is 0. The third-order valence-electron chi connectivity index (χ3n) is 2.98. The van der Waals surface area contributed by atoms with Gasteiger partial charge in [0.05, 0.1) is 0 Å². The topological polar surface area (TPSA) is 26.0 Å². The Morgan fingerprint density at radius 2 is 1.95 bits per heavy atom. The molecule has 2 N–H and O–H groups in total. The van der Waals surface area contributed by atoms with E-state index in [2.05, 4.69) is 15.9 Å². The summed E-state index contributed by atoms with van der Waals surface area (Å²) < 4.78 is 14.1. The van der Waals surface area contributed by atoms with Crippen LogP contribution < -0.4 is 5.73 Å². The van der Waals surface area contributed by atoms with E-state index in [0.717, 1.165) is 11.1 Å². The molecule has 2 aromatic rings. The summed E-state index contributed by atoms with van der Waals surface area (Å²) in [6.07, 6.45) is 0.507. The highest BCUT2D eigenvalue weighted by molar-refractivity contribution is 9.10. The lowest BCUT2D eigenvalue weighted by Crippen LogP contribution is -2.35. The normalized spacial score (nSPS) is 14.2. The fourth-order valence-electron chi connectivity index (χ4n) is 2.16. The van der Waals surface area contributed by atoms with Crippen LogP contribution in [0.3, 0.4) is 0 Å². The number of benzene rings is 2. The predicted octanol–water partition coefficient (Wildman–Crippen LogP) is 4.66. The SMILES string of the molecule is CC(N)(Cc1cc(F)cc(Br)c1)c1ccccc1Cl. The van der Waals surface area contributed by atoms with Gasteiger partial charge in [-0.25, -0.2) is 4.39 Å². The molecule has 0 aromatic heterocycles. The predicted molar refractivity (Wildman–Crippen MR) is 80.8 cm³/mol. The molecule has 1 atom stereocenters. The average Bonchev–Trinajstić information content (AvgIpc) is 2.26. The van der Waals surface area contributed by atoms with Crippen LogP contribution in [0.5, 0.6) is 0 Å². The first-order valence-corrected chi connectivity index (χ1v) is 7.04. The lowest BCUT2D eigenvalue weighted by molar-refractivity contribution is 0.489. The molecule has 0 spiro atoms. The summed E-state index contributed by atoms with van der Waals surface area (Å²) in [5.41, 5.74) is 7.39. The van der Waals surface area contributed by atoms with Crippen LogP contribution in [-0.2, 0) is 12.0 Å². The second-order valence-electron chi connectivity index (χ2n) is 4.85. The standard InChI is InChI=1S/C15H14BrClFN/c1-15(19,13-4-2-3-5-14(13)17)9-10-6-11(16)8-12(18)7-10/h2-8H,9,19H2,1H3. The van der Waals surface area contributed by atoms with Gasteiger partial charge in [-0.2, -0.15) is 0 Å². The third-order valence-corrected chi connectivity index (χ3v) is 3.77. The summed E-state index contributed by atoms with van der Waals surface area (Å²) in [5, 5.41) is 0.628. The molecule has 0 amide bonds. The minimum atomic E-state index is -0.647. The number of rotatable bonds is 3. The maximum Gasteiger partial charge on any atom is 0.124 e. The van der Waals surface area contributed by atoms with Crippen molar-refractivity contribution in [1.29, 1.82) is 0 Å². The van der Waals surface area contributed by atoms with Crippen molar-refractivity contribution in [3.63, 3.8) is 0 Å². The Hall–Kier alpha value is -0.900. The molecule has 2 aromatic carbocycles. The molecule has 0 heterocycles. The summed E-state index contributed by atoms with van der Waals surface area (Å²) in [6, 6.07) is 12.2. The van der Waals surface area contributed by atoms with Crippen LogP contribution in [0.1, 0.15) is 18.1 Å². The van der Waals surface area contributed by atoms with Gasteiger partial charge in [0, 0.05) is 15.0 Å². The highest BCUT2D eigenvalue weighted by Gasteiger charge is 2.24. The van der Waals surface area contributed by atoms with Crippen molar-refractivity contribution in [1.82, 2.24) is 0 Å². The largest absolute Gasteiger partial charge is 0.321 e. The van der Waals surface area contributed by atoms with Crippen molar-refractivity contribution in [3.05, 3.63) is 68.9 Å². The van der Waals surface area contributed by atoms with Crippen LogP contribution in [0.15, 0.2) is 46.9 Å². The molecule has 1 nitrogen and oxygen atoms in total. The van der Waals surface area contributed by atoms with Gasteiger partial charge in [-0.1, -0.05) is 45.7 Å². The van der Waals surface area contributed by atoms with E-state index >= 15 is 0 Å². The Labute approximate surface area is 125 Å². The van der Waals surface area contributed by atoms with Crippen LogP contribution in [0.2, 0.25) is 5.02 Å². The first-order valence-electron chi connectivity index (χ1n) is 5.87. The molecule has 0 aliphatic rings. The van der Waals surface area contributed by atoms with Gasteiger partial charge in [-0.3, -0.25) is 0 Å². The molecular formula is C15H14BrClFN. The third kappa shape index (κ3) is 3.56. The van der Waals surface area contributed by atoms with E-state index in [9.17, 15) is 4.39 Å². The van der Waals surface area contributed by atoms with Gasteiger partial charge in [0.2, 0.25) is 0 Å². The van der Waals surface area contributed by atoms with Crippen LogP contribution in [0.25, 0.3) is 0 Å². The molecule has 0 saturated carbocycles. The zero-order valence-corrected chi connectivity index (χ0v) is 12.8. The van der Waals surface area contributed by atoms with Crippen LogP contribution in [-0.4, -0.2) is 0 Å². The van der Waals surface area contributed by atoms with E-state index < -0.39 is 5.54 Å². The summed E-state index contributed by atoms with van der Waals surface area (Å²) in [7, 11) is 0. The number of hydrogen-bond donors (Lipinski definition) is 1. The van der Waals surface area contributed by atoms with E-state index in [0.29, 0.717) is 15.9 Å². The smallest absolute Gasteiger partial charge is 0.124 e. The summed E-state index contributed by atoms with van der Waals surface area (Å²) in [5.74, 6) is -0.278. The highest BCUT2D eigenvalue weighted by atomic mass is 79.9. The number of nitrogens with two attached hydrogens (primary N) is 1. The second kappa shape index (κ2) is 5.61. The molecule has 2 rings (SSSR count). The van der Waals surface area contributed by atoms with Crippen LogP contribution in [0, 0.1) is 5.82 Å². The molecule has 100 valence electrons. The quantitative estimate of drug-likeness (QED) is 0.862. The monoisotopic (exact) mass is 341 g/mol. The van der Waals surface area contributed by atoms with Crippen molar-refractivity contribution < 1.29 is 4.39 Å². The molecule has 4 heteroatoms. The first kappa shape index (κ1) is 14.5. The molecule has 19 heavy (non-hydrogen) atoms.